The molecule has 23 heavy (non-hydrogen) atoms. The van der Waals surface area contributed by atoms with Gasteiger partial charge in [0, 0.05) is 13.1 Å². The summed E-state index contributed by atoms with van der Waals surface area (Å²) in [5.74, 6) is -0.863. The molecular weight excluding hydrogens is 320 g/mol. The van der Waals surface area contributed by atoms with Gasteiger partial charge >= 0.3 is 5.97 Å². The fraction of sp³-hybridized carbons (Fsp3) is 0.467. The number of carbonyl (C=O) groups is 2. The number of methoxy groups -OCH3 is 1. The molecule has 1 amide bonds. The Bertz CT molecular complexity index is 696. The van der Waals surface area contributed by atoms with Crippen LogP contribution in [0.15, 0.2) is 29.2 Å². The molecule has 0 saturated carbocycles. The van der Waals surface area contributed by atoms with Crippen LogP contribution in [0.5, 0.6) is 0 Å². The Morgan fingerprint density at radius 2 is 1.91 bits per heavy atom. The van der Waals surface area contributed by atoms with Crippen molar-refractivity contribution in [3.05, 3.63) is 29.8 Å². The number of nitrogens with zero attached hydrogens (tertiary/aromatic N) is 1. The maximum atomic E-state index is 12.4. The maximum Gasteiger partial charge on any atom is 0.337 e. The van der Waals surface area contributed by atoms with Crippen LogP contribution in [0.25, 0.3) is 0 Å². The molecule has 1 N–H and O–H groups in total. The Morgan fingerprint density at radius 3 is 2.52 bits per heavy atom. The van der Waals surface area contributed by atoms with E-state index in [1.54, 1.807) is 4.90 Å². The second kappa shape index (κ2) is 7.10. The summed E-state index contributed by atoms with van der Waals surface area (Å²) in [5, 5.41) is 0. The summed E-state index contributed by atoms with van der Waals surface area (Å²) in [6, 6.07) is 4.64. The lowest BCUT2D eigenvalue weighted by Crippen LogP contribution is -2.45. The van der Waals surface area contributed by atoms with Crippen molar-refractivity contribution in [1.82, 2.24) is 9.62 Å². The molecule has 126 valence electrons. The first kappa shape index (κ1) is 17.4. The van der Waals surface area contributed by atoms with Crippen molar-refractivity contribution in [1.29, 1.82) is 0 Å². The van der Waals surface area contributed by atoms with Crippen LogP contribution in [0.2, 0.25) is 0 Å². The zero-order chi connectivity index (χ0) is 17.0. The molecule has 1 aliphatic heterocycles. The van der Waals surface area contributed by atoms with Gasteiger partial charge in [-0.25, -0.2) is 13.2 Å². The van der Waals surface area contributed by atoms with Crippen molar-refractivity contribution < 1.29 is 22.7 Å². The number of hydrogen-bond acceptors (Lipinski definition) is 5. The van der Waals surface area contributed by atoms with Crippen molar-refractivity contribution in [3.63, 3.8) is 0 Å². The third-order valence-electron chi connectivity index (χ3n) is 3.69. The van der Waals surface area contributed by atoms with Gasteiger partial charge in [0.2, 0.25) is 15.9 Å². The minimum absolute atomic E-state index is 0.0820. The topological polar surface area (TPSA) is 92.8 Å². The largest absolute Gasteiger partial charge is 0.465 e. The van der Waals surface area contributed by atoms with Crippen molar-refractivity contribution in [2.24, 2.45) is 0 Å². The molecule has 1 heterocycles. The first-order chi connectivity index (χ1) is 10.8. The molecule has 1 saturated heterocycles. The number of carbonyl (C=O) groups excluding carboxylic acids is 2. The lowest BCUT2D eigenvalue weighted by molar-refractivity contribution is -0.131. The molecule has 0 aliphatic carbocycles. The molecule has 0 unspecified atom stereocenters. The highest BCUT2D eigenvalue weighted by atomic mass is 32.2. The predicted molar refractivity (Wildman–Crippen MR) is 83.4 cm³/mol. The predicted octanol–water partition coefficient (Wildman–Crippen LogP) is 0.762. The van der Waals surface area contributed by atoms with Crippen molar-refractivity contribution in [2.75, 3.05) is 20.2 Å². The minimum Gasteiger partial charge on any atom is -0.465 e. The van der Waals surface area contributed by atoms with E-state index in [0.29, 0.717) is 13.1 Å². The van der Waals surface area contributed by atoms with Gasteiger partial charge in [0.25, 0.3) is 0 Å². The van der Waals surface area contributed by atoms with Crippen LogP contribution in [-0.2, 0) is 19.6 Å². The molecule has 1 fully saturated rings. The smallest absolute Gasteiger partial charge is 0.337 e. The van der Waals surface area contributed by atoms with Gasteiger partial charge in [0.1, 0.15) is 0 Å². The molecule has 8 heteroatoms. The fourth-order valence-corrected chi connectivity index (χ4v) is 3.71. The summed E-state index contributed by atoms with van der Waals surface area (Å²) in [7, 11) is -2.68. The second-order valence-electron chi connectivity index (χ2n) is 5.39. The van der Waals surface area contributed by atoms with Gasteiger partial charge in [-0.1, -0.05) is 6.07 Å². The molecule has 1 aromatic carbocycles. The number of esters is 1. The SMILES string of the molecule is COC(=O)c1cccc(S(=O)(=O)N[C@@H](C)C(=O)N2CCCC2)c1. The molecule has 7 nitrogen and oxygen atoms in total. The zero-order valence-corrected chi connectivity index (χ0v) is 13.9. The van der Waals surface area contributed by atoms with E-state index < -0.39 is 22.0 Å². The van der Waals surface area contributed by atoms with E-state index in [1.807, 2.05) is 0 Å². The van der Waals surface area contributed by atoms with Crippen LogP contribution in [0.3, 0.4) is 0 Å². The van der Waals surface area contributed by atoms with E-state index in [4.69, 9.17) is 0 Å². The summed E-state index contributed by atoms with van der Waals surface area (Å²) in [5.41, 5.74) is 0.133. The van der Waals surface area contributed by atoms with Crippen LogP contribution >= 0.6 is 0 Å². The van der Waals surface area contributed by atoms with Crippen LogP contribution < -0.4 is 4.72 Å². The van der Waals surface area contributed by atoms with Gasteiger partial charge in [0.15, 0.2) is 0 Å². The summed E-state index contributed by atoms with van der Waals surface area (Å²) in [6.07, 6.45) is 1.87. The second-order valence-corrected chi connectivity index (χ2v) is 7.11. The highest BCUT2D eigenvalue weighted by molar-refractivity contribution is 7.89. The van der Waals surface area contributed by atoms with E-state index >= 15 is 0 Å². The van der Waals surface area contributed by atoms with Gasteiger partial charge < -0.3 is 9.64 Å². The fourth-order valence-electron chi connectivity index (χ4n) is 2.47. The first-order valence-corrected chi connectivity index (χ1v) is 8.83. The van der Waals surface area contributed by atoms with E-state index in [9.17, 15) is 18.0 Å². The van der Waals surface area contributed by atoms with Gasteiger partial charge in [-0.05, 0) is 38.0 Å². The standard InChI is InChI=1S/C15H20N2O5S/c1-11(14(18)17-8-3-4-9-17)16-23(20,21)13-7-5-6-12(10-13)15(19)22-2/h5-7,10-11,16H,3-4,8-9H2,1-2H3/t11-/m0/s1. The van der Waals surface area contributed by atoms with E-state index in [2.05, 4.69) is 9.46 Å². The molecule has 1 atom stereocenters. The Kier molecular flexibility index (Phi) is 5.38. The summed E-state index contributed by atoms with van der Waals surface area (Å²) in [4.78, 5) is 25.3. The summed E-state index contributed by atoms with van der Waals surface area (Å²) < 4.78 is 31.7. The molecule has 2 rings (SSSR count). The molecule has 0 spiro atoms. The number of ether oxygens (including phenoxy) is 1. The Hall–Kier alpha value is -1.93. The number of amides is 1. The zero-order valence-electron chi connectivity index (χ0n) is 13.1. The molecular formula is C15H20N2O5S. The number of likely N-dealkylation sites (tertiary alicyclic amines) is 1. The summed E-state index contributed by atoms with van der Waals surface area (Å²) in [6.45, 7) is 2.83. The third-order valence-corrected chi connectivity index (χ3v) is 5.22. The average Bonchev–Trinajstić information content (AvgIpc) is 3.07. The van der Waals surface area contributed by atoms with Crippen LogP contribution in [0, 0.1) is 0 Å². The van der Waals surface area contributed by atoms with E-state index in [0.717, 1.165) is 12.8 Å². The van der Waals surface area contributed by atoms with Gasteiger partial charge in [0.05, 0.1) is 23.6 Å². The highest BCUT2D eigenvalue weighted by Gasteiger charge is 2.27. The highest BCUT2D eigenvalue weighted by Crippen LogP contribution is 2.14. The Balaban J connectivity index is 2.15. The maximum absolute atomic E-state index is 12.4. The number of nitrogens with one attached hydrogen (secondary N) is 1. The van der Waals surface area contributed by atoms with Crippen molar-refractivity contribution in [2.45, 2.75) is 30.7 Å². The number of hydrogen-bond donors (Lipinski definition) is 1. The molecule has 1 aliphatic rings. The normalized spacial score (nSPS) is 16.2. The Labute approximate surface area is 135 Å². The van der Waals surface area contributed by atoms with E-state index in [1.165, 1.54) is 38.3 Å². The quantitative estimate of drug-likeness (QED) is 0.799. The average molecular weight is 340 g/mol. The van der Waals surface area contributed by atoms with Crippen molar-refractivity contribution >= 4 is 21.9 Å². The number of benzene rings is 1. The minimum atomic E-state index is -3.90. The van der Waals surface area contributed by atoms with Gasteiger partial charge in [-0.2, -0.15) is 4.72 Å². The molecule has 0 aromatic heterocycles. The van der Waals surface area contributed by atoms with Gasteiger partial charge in [-0.15, -0.1) is 0 Å². The lowest BCUT2D eigenvalue weighted by atomic mass is 10.2. The Morgan fingerprint density at radius 1 is 1.26 bits per heavy atom. The van der Waals surface area contributed by atoms with Crippen molar-refractivity contribution in [3.8, 4) is 0 Å². The van der Waals surface area contributed by atoms with Crippen LogP contribution in [0.4, 0.5) is 0 Å². The van der Waals surface area contributed by atoms with Crippen LogP contribution in [-0.4, -0.2) is 51.4 Å². The van der Waals surface area contributed by atoms with Gasteiger partial charge in [-0.3, -0.25) is 4.79 Å². The van der Waals surface area contributed by atoms with E-state index in [-0.39, 0.29) is 16.4 Å². The third kappa shape index (κ3) is 4.08. The number of sulfonamides is 1. The monoisotopic (exact) mass is 340 g/mol. The summed E-state index contributed by atoms with van der Waals surface area (Å²) >= 11 is 0. The number of rotatable bonds is 5. The molecule has 0 bridgehead atoms. The molecule has 1 aromatic rings. The first-order valence-electron chi connectivity index (χ1n) is 7.34. The molecule has 0 radical (unpaired) electrons. The van der Waals surface area contributed by atoms with Crippen LogP contribution in [0.1, 0.15) is 30.1 Å². The lowest BCUT2D eigenvalue weighted by Gasteiger charge is -2.21.